The lowest BCUT2D eigenvalue weighted by molar-refractivity contribution is 0.636. The van der Waals surface area contributed by atoms with E-state index in [-0.39, 0.29) is 6.04 Å². The number of hydrogen-bond donors (Lipinski definition) is 1. The molecule has 1 N–H and O–H groups in total. The number of aromatic nitrogens is 1. The summed E-state index contributed by atoms with van der Waals surface area (Å²) >= 11 is 5.91. The predicted molar refractivity (Wildman–Crippen MR) is 75.7 cm³/mol. The number of nitrogens with zero attached hydrogens (tertiary/aromatic N) is 1. The van der Waals surface area contributed by atoms with E-state index >= 15 is 0 Å². The average molecular weight is 259 g/mol. The van der Waals surface area contributed by atoms with Crippen LogP contribution in [0.2, 0.25) is 5.02 Å². The van der Waals surface area contributed by atoms with Gasteiger partial charge in [0.05, 0.1) is 11.7 Å². The molecule has 2 aromatic rings. The molecule has 1 unspecified atom stereocenters. The van der Waals surface area contributed by atoms with Crippen LogP contribution in [0, 0.1) is 0 Å². The van der Waals surface area contributed by atoms with Gasteiger partial charge in [-0.15, -0.1) is 6.58 Å². The molecule has 0 aliphatic heterocycles. The van der Waals surface area contributed by atoms with Crippen LogP contribution < -0.4 is 5.32 Å². The summed E-state index contributed by atoms with van der Waals surface area (Å²) < 4.78 is 0. The summed E-state index contributed by atoms with van der Waals surface area (Å²) in [5.41, 5.74) is 2.13. The Balaban J connectivity index is 2.30. The van der Waals surface area contributed by atoms with Gasteiger partial charge in [0, 0.05) is 17.8 Å². The van der Waals surface area contributed by atoms with Crippen molar-refractivity contribution < 1.29 is 0 Å². The summed E-state index contributed by atoms with van der Waals surface area (Å²) in [5.74, 6) is 0. The number of pyridine rings is 1. The minimum atomic E-state index is 0.0569. The maximum atomic E-state index is 5.91. The Kier molecular flexibility index (Phi) is 4.51. The Hall–Kier alpha value is -1.64. The fourth-order valence-corrected chi connectivity index (χ4v) is 1.92. The highest BCUT2D eigenvalue weighted by atomic mass is 35.5. The highest BCUT2D eigenvalue weighted by Gasteiger charge is 2.13. The zero-order valence-electron chi connectivity index (χ0n) is 10.0. The van der Waals surface area contributed by atoms with Crippen LogP contribution in [0.5, 0.6) is 0 Å². The molecule has 0 spiro atoms. The molecule has 0 saturated heterocycles. The number of hydrogen-bond acceptors (Lipinski definition) is 2. The molecule has 3 heteroatoms. The standard InChI is InChI=1S/C15H15ClN2/c1-2-10-18-15(14-5-3-4-11-17-14)12-6-8-13(16)9-7-12/h2-9,11,15,18H,1,10H2. The van der Waals surface area contributed by atoms with Crippen molar-refractivity contribution >= 4 is 11.6 Å². The molecule has 0 amide bonds. The van der Waals surface area contributed by atoms with Crippen LogP contribution in [0.1, 0.15) is 17.3 Å². The molecule has 1 aromatic heterocycles. The maximum Gasteiger partial charge on any atom is 0.0753 e. The van der Waals surface area contributed by atoms with E-state index in [0.717, 1.165) is 22.8 Å². The summed E-state index contributed by atoms with van der Waals surface area (Å²) in [6.07, 6.45) is 3.64. The lowest BCUT2D eigenvalue weighted by Crippen LogP contribution is -2.23. The van der Waals surface area contributed by atoms with E-state index in [9.17, 15) is 0 Å². The lowest BCUT2D eigenvalue weighted by Gasteiger charge is -2.18. The molecule has 0 fully saturated rings. The van der Waals surface area contributed by atoms with Gasteiger partial charge in [-0.1, -0.05) is 35.9 Å². The molecule has 18 heavy (non-hydrogen) atoms. The molecule has 2 rings (SSSR count). The molecule has 1 heterocycles. The van der Waals surface area contributed by atoms with Crippen LogP contribution in [-0.4, -0.2) is 11.5 Å². The number of benzene rings is 1. The van der Waals surface area contributed by atoms with E-state index in [2.05, 4.69) is 16.9 Å². The van der Waals surface area contributed by atoms with Gasteiger partial charge in [-0.2, -0.15) is 0 Å². The number of rotatable bonds is 5. The molecule has 0 radical (unpaired) electrons. The van der Waals surface area contributed by atoms with Crippen molar-refractivity contribution in [1.29, 1.82) is 0 Å². The summed E-state index contributed by atoms with van der Waals surface area (Å²) in [4.78, 5) is 4.40. The van der Waals surface area contributed by atoms with E-state index < -0.39 is 0 Å². The van der Waals surface area contributed by atoms with E-state index in [1.54, 1.807) is 6.20 Å². The van der Waals surface area contributed by atoms with E-state index in [1.165, 1.54) is 0 Å². The van der Waals surface area contributed by atoms with Gasteiger partial charge >= 0.3 is 0 Å². The van der Waals surface area contributed by atoms with E-state index in [0.29, 0.717) is 0 Å². The van der Waals surface area contributed by atoms with Gasteiger partial charge < -0.3 is 5.32 Å². The number of nitrogens with one attached hydrogen (secondary N) is 1. The molecule has 0 aliphatic rings. The average Bonchev–Trinajstić information content (AvgIpc) is 2.42. The minimum Gasteiger partial charge on any atom is -0.301 e. The summed E-state index contributed by atoms with van der Waals surface area (Å²) in [5, 5.41) is 4.14. The first kappa shape index (κ1) is 12.8. The van der Waals surface area contributed by atoms with Crippen molar-refractivity contribution in [1.82, 2.24) is 10.3 Å². The van der Waals surface area contributed by atoms with Gasteiger partial charge in [-0.3, -0.25) is 4.98 Å². The molecule has 0 aliphatic carbocycles. The summed E-state index contributed by atoms with van der Waals surface area (Å²) in [7, 11) is 0. The van der Waals surface area contributed by atoms with Crippen LogP contribution >= 0.6 is 11.6 Å². The third-order valence-corrected chi connectivity index (χ3v) is 2.91. The molecule has 0 bridgehead atoms. The second-order valence-corrected chi connectivity index (χ2v) is 4.37. The first-order valence-electron chi connectivity index (χ1n) is 5.82. The first-order chi connectivity index (χ1) is 8.81. The fourth-order valence-electron chi connectivity index (χ4n) is 1.80. The fraction of sp³-hybridized carbons (Fsp3) is 0.133. The molecule has 1 atom stereocenters. The van der Waals surface area contributed by atoms with Crippen LogP contribution in [0.25, 0.3) is 0 Å². The van der Waals surface area contributed by atoms with Crippen molar-refractivity contribution in [2.75, 3.05) is 6.54 Å². The highest BCUT2D eigenvalue weighted by Crippen LogP contribution is 2.21. The van der Waals surface area contributed by atoms with Crippen LogP contribution in [-0.2, 0) is 0 Å². The summed E-state index contributed by atoms with van der Waals surface area (Å²) in [6, 6.07) is 13.8. The van der Waals surface area contributed by atoms with Crippen molar-refractivity contribution in [3.63, 3.8) is 0 Å². The molecular formula is C15H15ClN2. The second kappa shape index (κ2) is 6.34. The largest absolute Gasteiger partial charge is 0.301 e. The Morgan fingerprint density at radius 1 is 1.22 bits per heavy atom. The Morgan fingerprint density at radius 3 is 2.61 bits per heavy atom. The zero-order valence-corrected chi connectivity index (χ0v) is 10.8. The van der Waals surface area contributed by atoms with E-state index in [4.69, 9.17) is 11.6 Å². The second-order valence-electron chi connectivity index (χ2n) is 3.94. The Bertz CT molecular complexity index is 494. The number of halogens is 1. The minimum absolute atomic E-state index is 0.0569. The third kappa shape index (κ3) is 3.19. The normalized spacial score (nSPS) is 12.1. The van der Waals surface area contributed by atoms with Crippen molar-refractivity contribution in [2.24, 2.45) is 0 Å². The summed E-state index contributed by atoms with van der Waals surface area (Å²) in [6.45, 7) is 4.46. The van der Waals surface area contributed by atoms with Crippen LogP contribution in [0.15, 0.2) is 61.3 Å². The zero-order chi connectivity index (χ0) is 12.8. The van der Waals surface area contributed by atoms with Gasteiger partial charge in [0.2, 0.25) is 0 Å². The topological polar surface area (TPSA) is 24.9 Å². The monoisotopic (exact) mass is 258 g/mol. The maximum absolute atomic E-state index is 5.91. The molecule has 1 aromatic carbocycles. The van der Waals surface area contributed by atoms with E-state index in [1.807, 2.05) is 48.5 Å². The Morgan fingerprint density at radius 2 is 2.00 bits per heavy atom. The van der Waals surface area contributed by atoms with Crippen molar-refractivity contribution in [2.45, 2.75) is 6.04 Å². The smallest absolute Gasteiger partial charge is 0.0753 e. The first-order valence-corrected chi connectivity index (χ1v) is 6.19. The quantitative estimate of drug-likeness (QED) is 0.829. The molecule has 92 valence electrons. The van der Waals surface area contributed by atoms with Gasteiger partial charge in [0.15, 0.2) is 0 Å². The van der Waals surface area contributed by atoms with Crippen LogP contribution in [0.3, 0.4) is 0 Å². The predicted octanol–water partition coefficient (Wildman–Crippen LogP) is 3.60. The lowest BCUT2D eigenvalue weighted by atomic mass is 10.0. The van der Waals surface area contributed by atoms with Crippen LogP contribution in [0.4, 0.5) is 0 Å². The third-order valence-electron chi connectivity index (χ3n) is 2.65. The Labute approximate surface area is 112 Å². The van der Waals surface area contributed by atoms with Gasteiger partial charge in [0.1, 0.15) is 0 Å². The molecular weight excluding hydrogens is 244 g/mol. The van der Waals surface area contributed by atoms with Crippen molar-refractivity contribution in [3.8, 4) is 0 Å². The van der Waals surface area contributed by atoms with Gasteiger partial charge in [-0.05, 0) is 29.8 Å². The van der Waals surface area contributed by atoms with Gasteiger partial charge in [-0.25, -0.2) is 0 Å². The van der Waals surface area contributed by atoms with Gasteiger partial charge in [0.25, 0.3) is 0 Å². The highest BCUT2D eigenvalue weighted by molar-refractivity contribution is 6.30. The van der Waals surface area contributed by atoms with Crippen molar-refractivity contribution in [3.05, 3.63) is 77.6 Å². The SMILES string of the molecule is C=CCNC(c1ccc(Cl)cc1)c1ccccn1. The molecule has 0 saturated carbocycles. The molecule has 2 nitrogen and oxygen atoms in total.